The summed E-state index contributed by atoms with van der Waals surface area (Å²) < 4.78 is 6.63. The zero-order valence-electron chi connectivity index (χ0n) is 28.7. The van der Waals surface area contributed by atoms with Crippen LogP contribution in [0.5, 0.6) is 0 Å². The van der Waals surface area contributed by atoms with Gasteiger partial charge >= 0.3 is 0 Å². The molecule has 2 heteroatoms. The summed E-state index contributed by atoms with van der Waals surface area (Å²) in [6.45, 7) is 14.0. The first-order valence-electron chi connectivity index (χ1n) is 17.4. The van der Waals surface area contributed by atoms with E-state index in [2.05, 4.69) is 156 Å². The highest BCUT2D eigenvalue weighted by Crippen LogP contribution is 2.48. The molecular weight excluding hydrogens is 583 g/mol. The molecule has 0 bridgehead atoms. The number of rotatable bonds is 4. The van der Waals surface area contributed by atoms with Crippen molar-refractivity contribution in [2.45, 2.75) is 65.2 Å². The molecule has 2 heterocycles. The van der Waals surface area contributed by atoms with Crippen molar-refractivity contribution in [3.8, 4) is 33.4 Å². The van der Waals surface area contributed by atoms with E-state index in [0.29, 0.717) is 0 Å². The zero-order chi connectivity index (χ0) is 32.9. The molecule has 6 aromatic carbocycles. The number of furan rings is 1. The Bertz CT molecular complexity index is 2580. The van der Waals surface area contributed by atoms with Gasteiger partial charge in [0.2, 0.25) is 0 Å². The molecule has 9 rings (SSSR count). The Hall–Kier alpha value is -5.08. The number of benzene rings is 6. The van der Waals surface area contributed by atoms with Crippen LogP contribution in [0.25, 0.3) is 77.1 Å². The number of aromatic nitrogens is 1. The summed E-state index contributed by atoms with van der Waals surface area (Å²) in [5.41, 5.74) is 17.4. The average molecular weight is 624 g/mol. The molecule has 0 aliphatic heterocycles. The van der Waals surface area contributed by atoms with E-state index in [1.807, 2.05) is 0 Å². The van der Waals surface area contributed by atoms with Gasteiger partial charge in [-0.15, -0.1) is 0 Å². The van der Waals surface area contributed by atoms with Crippen LogP contribution in [-0.4, -0.2) is 4.98 Å². The highest BCUT2D eigenvalue weighted by molar-refractivity contribution is 6.18. The second-order valence-corrected chi connectivity index (χ2v) is 15.5. The van der Waals surface area contributed by atoms with E-state index in [1.165, 1.54) is 66.4 Å². The summed E-state index contributed by atoms with van der Waals surface area (Å²) in [7, 11) is 0. The quantitative estimate of drug-likeness (QED) is 0.208. The highest BCUT2D eigenvalue weighted by atomic mass is 16.3. The Morgan fingerprint density at radius 2 is 1.15 bits per heavy atom. The van der Waals surface area contributed by atoms with Crippen LogP contribution in [-0.2, 0) is 17.3 Å². The van der Waals surface area contributed by atoms with Crippen molar-refractivity contribution in [1.29, 1.82) is 0 Å². The third kappa shape index (κ3) is 4.25. The molecule has 1 aliphatic rings. The van der Waals surface area contributed by atoms with Crippen LogP contribution in [0.15, 0.2) is 114 Å². The van der Waals surface area contributed by atoms with Crippen LogP contribution in [0.4, 0.5) is 0 Å². The first-order valence-corrected chi connectivity index (χ1v) is 17.4. The molecule has 0 fully saturated rings. The van der Waals surface area contributed by atoms with Crippen molar-refractivity contribution < 1.29 is 4.42 Å². The lowest BCUT2D eigenvalue weighted by molar-refractivity contribution is 0.507. The molecule has 0 atom stereocenters. The maximum Gasteiger partial charge on any atom is 0.143 e. The van der Waals surface area contributed by atoms with Crippen molar-refractivity contribution in [2.75, 3.05) is 0 Å². The standard InChI is InChI=1S/C46H41NO/c1-7-46(5,6)29-25-37(32-18-12-17-31-30-15-9-8-14-27(30)22-36(31)32)42-40(26-29)39-24-28(45(2,3)4)23-38(43(39)47-42)35-20-13-19-34-33-16-10-11-21-41(33)48-44(34)35/h8-21,23-26,47H,7,22H2,1-6H3. The first kappa shape index (κ1) is 29.1. The largest absolute Gasteiger partial charge is 0.455 e. The Morgan fingerprint density at radius 1 is 0.562 bits per heavy atom. The summed E-state index contributed by atoms with van der Waals surface area (Å²) >= 11 is 0. The maximum atomic E-state index is 6.63. The van der Waals surface area contributed by atoms with Gasteiger partial charge in [-0.25, -0.2) is 0 Å². The average Bonchev–Trinajstić information content (AvgIpc) is 3.78. The molecule has 0 amide bonds. The van der Waals surface area contributed by atoms with Gasteiger partial charge in [0.05, 0.1) is 11.0 Å². The number of hydrogen-bond donors (Lipinski definition) is 1. The van der Waals surface area contributed by atoms with E-state index < -0.39 is 0 Å². The van der Waals surface area contributed by atoms with Crippen LogP contribution in [0.2, 0.25) is 0 Å². The van der Waals surface area contributed by atoms with E-state index in [4.69, 9.17) is 4.42 Å². The van der Waals surface area contributed by atoms with Crippen molar-refractivity contribution in [1.82, 2.24) is 4.98 Å². The summed E-state index contributed by atoms with van der Waals surface area (Å²) in [6.07, 6.45) is 2.02. The number of hydrogen-bond acceptors (Lipinski definition) is 1. The predicted molar refractivity (Wildman–Crippen MR) is 204 cm³/mol. The van der Waals surface area contributed by atoms with Crippen LogP contribution >= 0.6 is 0 Å². The van der Waals surface area contributed by atoms with Gasteiger partial charge in [0.1, 0.15) is 11.2 Å². The minimum atomic E-state index is -0.0382. The molecule has 0 saturated heterocycles. The molecule has 236 valence electrons. The summed E-state index contributed by atoms with van der Waals surface area (Å²) in [6, 6.07) is 40.5. The van der Waals surface area contributed by atoms with Crippen molar-refractivity contribution in [3.05, 3.63) is 131 Å². The van der Waals surface area contributed by atoms with E-state index in [0.717, 1.165) is 45.9 Å². The molecule has 1 N–H and O–H groups in total. The zero-order valence-corrected chi connectivity index (χ0v) is 28.7. The van der Waals surface area contributed by atoms with Gasteiger partial charge in [-0.3, -0.25) is 0 Å². The Balaban J connectivity index is 1.40. The minimum absolute atomic E-state index is 0.0256. The third-order valence-corrected chi connectivity index (χ3v) is 11.2. The third-order valence-electron chi connectivity index (χ3n) is 11.2. The number of aromatic amines is 1. The topological polar surface area (TPSA) is 28.9 Å². The van der Waals surface area contributed by atoms with Gasteiger partial charge in [-0.2, -0.15) is 0 Å². The fourth-order valence-electron chi connectivity index (χ4n) is 7.92. The fraction of sp³-hybridized carbons (Fsp3) is 0.217. The predicted octanol–water partition coefficient (Wildman–Crippen LogP) is 13.1. The van der Waals surface area contributed by atoms with E-state index in [-0.39, 0.29) is 10.8 Å². The maximum absolute atomic E-state index is 6.63. The van der Waals surface area contributed by atoms with E-state index >= 15 is 0 Å². The number of fused-ring (bicyclic) bond motifs is 9. The normalized spacial score (nSPS) is 13.2. The van der Waals surface area contributed by atoms with Crippen LogP contribution in [0.3, 0.4) is 0 Å². The Morgan fingerprint density at radius 3 is 1.92 bits per heavy atom. The van der Waals surface area contributed by atoms with Crippen molar-refractivity contribution >= 4 is 43.7 Å². The van der Waals surface area contributed by atoms with Gasteiger partial charge in [-0.05, 0) is 92.9 Å². The Kier molecular flexibility index (Phi) is 6.19. The van der Waals surface area contributed by atoms with Crippen molar-refractivity contribution in [3.63, 3.8) is 0 Å². The summed E-state index contributed by atoms with van der Waals surface area (Å²) in [4.78, 5) is 4.06. The van der Waals surface area contributed by atoms with Gasteiger partial charge in [0.25, 0.3) is 0 Å². The number of H-pyrrole nitrogens is 1. The van der Waals surface area contributed by atoms with Gasteiger partial charge in [-0.1, -0.05) is 120 Å². The SMILES string of the molecule is CCC(C)(C)c1cc(-c2cccc3c2Cc2ccccc2-3)c2[nH]c3c(-c4cccc5c4oc4ccccc45)cc(C(C)(C)C)cc3c2c1. The lowest BCUT2D eigenvalue weighted by Gasteiger charge is -2.25. The highest BCUT2D eigenvalue weighted by Gasteiger charge is 2.28. The monoisotopic (exact) mass is 623 g/mol. The molecular formula is C46H41NO. The smallest absolute Gasteiger partial charge is 0.143 e. The molecule has 8 aromatic rings. The van der Waals surface area contributed by atoms with Gasteiger partial charge in [0.15, 0.2) is 0 Å². The molecule has 0 saturated carbocycles. The minimum Gasteiger partial charge on any atom is -0.455 e. The van der Waals surface area contributed by atoms with E-state index in [9.17, 15) is 0 Å². The van der Waals surface area contributed by atoms with Crippen LogP contribution in [0, 0.1) is 0 Å². The van der Waals surface area contributed by atoms with Gasteiger partial charge < -0.3 is 9.40 Å². The van der Waals surface area contributed by atoms with Gasteiger partial charge in [0, 0.05) is 38.2 Å². The van der Waals surface area contributed by atoms with E-state index in [1.54, 1.807) is 0 Å². The Labute approximate surface area is 282 Å². The number of para-hydroxylation sites is 2. The summed E-state index contributed by atoms with van der Waals surface area (Å²) in [5, 5.41) is 4.87. The molecule has 0 spiro atoms. The van der Waals surface area contributed by atoms with Crippen molar-refractivity contribution in [2.24, 2.45) is 0 Å². The molecule has 48 heavy (non-hydrogen) atoms. The van der Waals surface area contributed by atoms with Crippen LogP contribution < -0.4 is 0 Å². The lowest BCUT2D eigenvalue weighted by atomic mass is 9.79. The second kappa shape index (κ2) is 10.2. The first-order chi connectivity index (χ1) is 23.1. The molecule has 0 unspecified atom stereocenters. The summed E-state index contributed by atoms with van der Waals surface area (Å²) in [5.74, 6) is 0. The molecule has 2 aromatic heterocycles. The molecule has 0 radical (unpaired) electrons. The van der Waals surface area contributed by atoms with Crippen LogP contribution in [0.1, 0.15) is 70.2 Å². The molecule has 1 aliphatic carbocycles. The molecule has 2 nitrogen and oxygen atoms in total. The number of nitrogens with one attached hydrogen (secondary N) is 1. The second-order valence-electron chi connectivity index (χ2n) is 15.5. The fourth-order valence-corrected chi connectivity index (χ4v) is 7.92. The lowest BCUT2D eigenvalue weighted by Crippen LogP contribution is -2.15.